The molecule has 60 valence electrons. The summed E-state index contributed by atoms with van der Waals surface area (Å²) in [7, 11) is 0. The molecule has 1 heterocycles. The highest BCUT2D eigenvalue weighted by molar-refractivity contribution is 5.74. The first kappa shape index (κ1) is 7.29. The van der Waals surface area contributed by atoms with Crippen LogP contribution in [0.3, 0.4) is 0 Å². The second-order valence-electron chi connectivity index (χ2n) is 2.98. The molecule has 1 aromatic carbocycles. The molecule has 0 spiro atoms. The maximum Gasteiger partial charge on any atom is 0.0936 e. The minimum absolute atomic E-state index is 0.256. The molecule has 0 fully saturated rings. The van der Waals surface area contributed by atoms with Crippen molar-refractivity contribution >= 4 is 6.21 Å². The Hall–Kier alpha value is -1.37. The van der Waals surface area contributed by atoms with Crippen molar-refractivity contribution in [3.8, 4) is 0 Å². The Balaban J connectivity index is 2.39. The lowest BCUT2D eigenvalue weighted by Crippen LogP contribution is -1.91. The summed E-state index contributed by atoms with van der Waals surface area (Å²) in [6.07, 6.45) is 5.97. The minimum atomic E-state index is 0.256. The summed E-state index contributed by atoms with van der Waals surface area (Å²) >= 11 is 0. The molecular weight excluding hydrogens is 146 g/mol. The highest BCUT2D eigenvalue weighted by Crippen LogP contribution is 2.23. The highest BCUT2D eigenvalue weighted by Gasteiger charge is 2.09. The molecule has 0 saturated heterocycles. The first-order valence-electron chi connectivity index (χ1n) is 4.13. The summed E-state index contributed by atoms with van der Waals surface area (Å²) in [5, 5.41) is 0. The third-order valence-corrected chi connectivity index (χ3v) is 2.13. The van der Waals surface area contributed by atoms with E-state index in [1.807, 2.05) is 12.3 Å². The van der Waals surface area contributed by atoms with Crippen molar-refractivity contribution in [1.29, 1.82) is 0 Å². The van der Waals surface area contributed by atoms with Crippen LogP contribution in [0.2, 0.25) is 0 Å². The van der Waals surface area contributed by atoms with Crippen LogP contribution in [0, 0.1) is 6.92 Å². The summed E-state index contributed by atoms with van der Waals surface area (Å²) in [5.41, 5.74) is 2.62. The normalized spacial score (nSPS) is 20.2. The van der Waals surface area contributed by atoms with Gasteiger partial charge in [-0.25, -0.2) is 0 Å². The van der Waals surface area contributed by atoms with E-state index in [0.717, 1.165) is 0 Å². The molecular formula is C11H11N. The predicted octanol–water partition coefficient (Wildman–Crippen LogP) is 2.68. The van der Waals surface area contributed by atoms with Crippen molar-refractivity contribution in [2.45, 2.75) is 13.0 Å². The van der Waals surface area contributed by atoms with Crippen LogP contribution in [0.15, 0.2) is 41.4 Å². The van der Waals surface area contributed by atoms with Crippen LogP contribution < -0.4 is 0 Å². The van der Waals surface area contributed by atoms with Crippen molar-refractivity contribution in [2.75, 3.05) is 0 Å². The predicted molar refractivity (Wildman–Crippen MR) is 51.6 cm³/mol. The molecule has 0 bridgehead atoms. The molecule has 0 aromatic heterocycles. The van der Waals surface area contributed by atoms with Gasteiger partial charge in [-0.05, 0) is 24.1 Å². The van der Waals surface area contributed by atoms with Gasteiger partial charge in [-0.2, -0.15) is 0 Å². The summed E-state index contributed by atoms with van der Waals surface area (Å²) in [6, 6.07) is 8.63. The number of benzene rings is 1. The van der Waals surface area contributed by atoms with E-state index in [1.54, 1.807) is 0 Å². The van der Waals surface area contributed by atoms with Crippen LogP contribution in [0.4, 0.5) is 0 Å². The van der Waals surface area contributed by atoms with Crippen molar-refractivity contribution in [2.24, 2.45) is 4.99 Å². The zero-order valence-electron chi connectivity index (χ0n) is 7.07. The highest BCUT2D eigenvalue weighted by atomic mass is 14.8. The number of nitrogens with zero attached hydrogens (tertiary/aromatic N) is 1. The van der Waals surface area contributed by atoms with E-state index in [1.165, 1.54) is 11.1 Å². The maximum atomic E-state index is 4.33. The smallest absolute Gasteiger partial charge is 0.0936 e. The van der Waals surface area contributed by atoms with E-state index in [-0.39, 0.29) is 6.04 Å². The maximum absolute atomic E-state index is 4.33. The monoisotopic (exact) mass is 157 g/mol. The third-order valence-electron chi connectivity index (χ3n) is 2.13. The number of allylic oxidation sites excluding steroid dienone is 1. The lowest BCUT2D eigenvalue weighted by Gasteiger charge is -2.07. The van der Waals surface area contributed by atoms with Crippen molar-refractivity contribution in [3.63, 3.8) is 0 Å². The average Bonchev–Trinajstić information content (AvgIpc) is 2.57. The van der Waals surface area contributed by atoms with Crippen molar-refractivity contribution in [3.05, 3.63) is 47.5 Å². The number of hydrogen-bond acceptors (Lipinski definition) is 1. The van der Waals surface area contributed by atoms with Gasteiger partial charge in [0, 0.05) is 6.21 Å². The minimum Gasteiger partial charge on any atom is -0.281 e. The largest absolute Gasteiger partial charge is 0.281 e. The van der Waals surface area contributed by atoms with Gasteiger partial charge in [-0.3, -0.25) is 4.99 Å². The number of aliphatic imine (C=N–C) groups is 1. The van der Waals surface area contributed by atoms with Gasteiger partial charge in [0.2, 0.25) is 0 Å². The van der Waals surface area contributed by atoms with Crippen LogP contribution in [0.1, 0.15) is 17.2 Å². The summed E-state index contributed by atoms with van der Waals surface area (Å²) < 4.78 is 0. The molecule has 0 N–H and O–H groups in total. The van der Waals surface area contributed by atoms with E-state index in [4.69, 9.17) is 0 Å². The molecule has 1 nitrogen and oxygen atoms in total. The van der Waals surface area contributed by atoms with E-state index in [2.05, 4.69) is 42.3 Å². The van der Waals surface area contributed by atoms with Crippen LogP contribution in [0.25, 0.3) is 0 Å². The van der Waals surface area contributed by atoms with Gasteiger partial charge in [-0.1, -0.05) is 30.3 Å². The summed E-state index contributed by atoms with van der Waals surface area (Å²) in [4.78, 5) is 4.33. The third kappa shape index (κ3) is 1.18. The zero-order chi connectivity index (χ0) is 8.39. The Kier molecular flexibility index (Phi) is 1.78. The first-order chi connectivity index (χ1) is 5.88. The number of aryl methyl sites for hydroxylation is 1. The lowest BCUT2D eigenvalue weighted by molar-refractivity contribution is 0.923. The molecule has 1 aliphatic heterocycles. The van der Waals surface area contributed by atoms with Crippen LogP contribution in [-0.2, 0) is 0 Å². The molecule has 1 aliphatic rings. The standard InChI is InChI=1S/C11H11N/c1-9-5-2-3-6-10(9)11-7-4-8-12-11/h2-8,11H,1H3. The Labute approximate surface area is 72.5 Å². The second-order valence-corrected chi connectivity index (χ2v) is 2.98. The summed E-state index contributed by atoms with van der Waals surface area (Å²) in [5.74, 6) is 0. The molecule has 12 heavy (non-hydrogen) atoms. The van der Waals surface area contributed by atoms with E-state index < -0.39 is 0 Å². The molecule has 1 unspecified atom stereocenters. The fourth-order valence-electron chi connectivity index (χ4n) is 1.45. The van der Waals surface area contributed by atoms with Gasteiger partial charge < -0.3 is 0 Å². The fourth-order valence-corrected chi connectivity index (χ4v) is 1.45. The van der Waals surface area contributed by atoms with Gasteiger partial charge in [0.15, 0.2) is 0 Å². The molecule has 1 aromatic rings. The number of hydrogen-bond donors (Lipinski definition) is 0. The van der Waals surface area contributed by atoms with Crippen molar-refractivity contribution < 1.29 is 0 Å². The van der Waals surface area contributed by atoms with Gasteiger partial charge in [-0.15, -0.1) is 0 Å². The first-order valence-corrected chi connectivity index (χ1v) is 4.13. The number of rotatable bonds is 1. The van der Waals surface area contributed by atoms with Crippen molar-refractivity contribution in [1.82, 2.24) is 0 Å². The average molecular weight is 157 g/mol. The Morgan fingerprint density at radius 2 is 2.08 bits per heavy atom. The molecule has 1 heteroatoms. The second kappa shape index (κ2) is 2.94. The zero-order valence-corrected chi connectivity index (χ0v) is 7.07. The summed E-state index contributed by atoms with van der Waals surface area (Å²) in [6.45, 7) is 2.12. The van der Waals surface area contributed by atoms with Crippen LogP contribution >= 0.6 is 0 Å². The van der Waals surface area contributed by atoms with Crippen LogP contribution in [0.5, 0.6) is 0 Å². The Morgan fingerprint density at radius 3 is 2.75 bits per heavy atom. The molecule has 0 saturated carbocycles. The van der Waals surface area contributed by atoms with Gasteiger partial charge in [0.1, 0.15) is 0 Å². The molecule has 2 rings (SSSR count). The topological polar surface area (TPSA) is 12.4 Å². The van der Waals surface area contributed by atoms with E-state index in [9.17, 15) is 0 Å². The van der Waals surface area contributed by atoms with Crippen LogP contribution in [-0.4, -0.2) is 6.21 Å². The van der Waals surface area contributed by atoms with Gasteiger partial charge in [0.05, 0.1) is 6.04 Å². The quantitative estimate of drug-likeness (QED) is 0.594. The SMILES string of the molecule is Cc1ccccc1C1C=CC=N1. The van der Waals surface area contributed by atoms with Gasteiger partial charge in [0.25, 0.3) is 0 Å². The molecule has 0 aliphatic carbocycles. The fraction of sp³-hybridized carbons (Fsp3) is 0.182. The van der Waals surface area contributed by atoms with Gasteiger partial charge >= 0.3 is 0 Å². The molecule has 1 atom stereocenters. The molecule has 0 amide bonds. The van der Waals surface area contributed by atoms with E-state index in [0.29, 0.717) is 0 Å². The Bertz CT molecular complexity index is 325. The lowest BCUT2D eigenvalue weighted by atomic mass is 10.0. The van der Waals surface area contributed by atoms with E-state index >= 15 is 0 Å². The molecule has 0 radical (unpaired) electrons. The Morgan fingerprint density at radius 1 is 1.25 bits per heavy atom.